The Morgan fingerprint density at radius 1 is 1.29 bits per heavy atom. The summed E-state index contributed by atoms with van der Waals surface area (Å²) in [6.45, 7) is 8.92. The predicted octanol–water partition coefficient (Wildman–Crippen LogP) is 3.64. The quantitative estimate of drug-likeness (QED) is 0.829. The van der Waals surface area contributed by atoms with E-state index in [1.807, 2.05) is 31.2 Å². The van der Waals surface area contributed by atoms with Crippen LogP contribution in [0.5, 0.6) is 0 Å². The zero-order valence-corrected chi connectivity index (χ0v) is 14.9. The number of rotatable bonds is 7. The van der Waals surface area contributed by atoms with Gasteiger partial charge in [0.05, 0.1) is 10.5 Å². The highest BCUT2D eigenvalue weighted by Gasteiger charge is 2.29. The molecule has 3 nitrogen and oxygen atoms in total. The molecule has 0 aliphatic carbocycles. The van der Waals surface area contributed by atoms with Crippen molar-refractivity contribution in [3.63, 3.8) is 0 Å². The van der Waals surface area contributed by atoms with Crippen molar-refractivity contribution in [2.45, 2.75) is 44.8 Å². The molecule has 1 N–H and O–H groups in total. The lowest BCUT2D eigenvalue weighted by molar-refractivity contribution is 0.541. The lowest BCUT2D eigenvalue weighted by atomic mass is 9.96. The first-order valence-corrected chi connectivity index (χ1v) is 9.39. The first-order valence-electron chi connectivity index (χ1n) is 7.36. The molecule has 0 aliphatic rings. The lowest BCUT2D eigenvalue weighted by Crippen LogP contribution is -2.32. The average Bonchev–Trinajstić information content (AvgIpc) is 2.37. The molecule has 1 atom stereocenters. The lowest BCUT2D eigenvalue weighted by Gasteiger charge is -2.23. The van der Waals surface area contributed by atoms with E-state index in [0.29, 0.717) is 11.4 Å². The van der Waals surface area contributed by atoms with Crippen LogP contribution in [0.3, 0.4) is 0 Å². The molecule has 0 heterocycles. The molecule has 0 bridgehead atoms. The van der Waals surface area contributed by atoms with Crippen molar-refractivity contribution in [3.8, 4) is 0 Å². The van der Waals surface area contributed by atoms with Gasteiger partial charge in [0.25, 0.3) is 0 Å². The van der Waals surface area contributed by atoms with Gasteiger partial charge in [0, 0.05) is 11.6 Å². The highest BCUT2D eigenvalue weighted by Crippen LogP contribution is 2.25. The van der Waals surface area contributed by atoms with Crippen molar-refractivity contribution in [2.75, 3.05) is 18.8 Å². The van der Waals surface area contributed by atoms with Crippen LogP contribution in [0.15, 0.2) is 24.3 Å². The summed E-state index contributed by atoms with van der Waals surface area (Å²) in [7, 11) is -3.10. The molecule has 1 rings (SSSR count). The van der Waals surface area contributed by atoms with Gasteiger partial charge in [-0.1, -0.05) is 30.7 Å². The van der Waals surface area contributed by atoms with Crippen LogP contribution in [0.25, 0.3) is 0 Å². The second-order valence-corrected chi connectivity index (χ2v) is 9.58. The molecule has 1 unspecified atom stereocenters. The number of hydrogen-bond donors (Lipinski definition) is 1. The third kappa shape index (κ3) is 5.61. The maximum Gasteiger partial charge on any atom is 0.155 e. The minimum absolute atomic E-state index is 0.153. The Bertz CT molecular complexity index is 550. The smallest absolute Gasteiger partial charge is 0.155 e. The van der Waals surface area contributed by atoms with E-state index in [1.165, 1.54) is 0 Å². The molecule has 0 spiro atoms. The normalized spacial score (nSPS) is 14.1. The van der Waals surface area contributed by atoms with Crippen molar-refractivity contribution >= 4 is 21.4 Å². The van der Waals surface area contributed by atoms with Gasteiger partial charge in [0.1, 0.15) is 0 Å². The summed E-state index contributed by atoms with van der Waals surface area (Å²) in [5, 5.41) is 3.99. The zero-order valence-electron chi connectivity index (χ0n) is 13.3. The predicted molar refractivity (Wildman–Crippen MR) is 90.9 cm³/mol. The molecule has 1 aromatic rings. The maximum absolute atomic E-state index is 12.3. The summed E-state index contributed by atoms with van der Waals surface area (Å²) in [6.07, 6.45) is 0.604. The minimum atomic E-state index is -3.10. The van der Waals surface area contributed by atoms with E-state index in [4.69, 9.17) is 11.6 Å². The molecule has 0 amide bonds. The SMILES string of the molecule is CCNCC(CCS(=O)(=O)C(C)(C)C)c1cccc(Cl)c1. The summed E-state index contributed by atoms with van der Waals surface area (Å²) in [5.74, 6) is 0.347. The minimum Gasteiger partial charge on any atom is -0.316 e. The van der Waals surface area contributed by atoms with Gasteiger partial charge in [-0.15, -0.1) is 0 Å². The Morgan fingerprint density at radius 3 is 2.48 bits per heavy atom. The van der Waals surface area contributed by atoms with Gasteiger partial charge in [-0.3, -0.25) is 0 Å². The summed E-state index contributed by atoms with van der Waals surface area (Å²) in [6, 6.07) is 7.68. The number of nitrogens with one attached hydrogen (secondary N) is 1. The van der Waals surface area contributed by atoms with Crippen molar-refractivity contribution in [1.82, 2.24) is 5.32 Å². The Balaban J connectivity index is 2.85. The van der Waals surface area contributed by atoms with Crippen LogP contribution in [0.1, 0.15) is 45.6 Å². The van der Waals surface area contributed by atoms with Crippen LogP contribution < -0.4 is 5.32 Å². The van der Waals surface area contributed by atoms with Crippen molar-refractivity contribution < 1.29 is 8.42 Å². The van der Waals surface area contributed by atoms with E-state index in [2.05, 4.69) is 5.32 Å². The van der Waals surface area contributed by atoms with Gasteiger partial charge in [0.15, 0.2) is 9.84 Å². The average molecular weight is 332 g/mol. The molecule has 0 fully saturated rings. The van der Waals surface area contributed by atoms with Crippen LogP contribution >= 0.6 is 11.6 Å². The fourth-order valence-electron chi connectivity index (χ4n) is 2.07. The van der Waals surface area contributed by atoms with Crippen molar-refractivity contribution in [1.29, 1.82) is 0 Å². The van der Waals surface area contributed by atoms with Crippen LogP contribution in [-0.2, 0) is 9.84 Å². The van der Waals surface area contributed by atoms with Crippen molar-refractivity contribution in [2.24, 2.45) is 0 Å². The Kier molecular flexibility index (Phi) is 6.70. The van der Waals surface area contributed by atoms with Gasteiger partial charge in [-0.25, -0.2) is 8.42 Å². The zero-order chi connectivity index (χ0) is 16.1. The van der Waals surface area contributed by atoms with Gasteiger partial charge in [-0.2, -0.15) is 0 Å². The second-order valence-electron chi connectivity index (χ2n) is 6.28. The molecule has 120 valence electrons. The van der Waals surface area contributed by atoms with Gasteiger partial charge in [-0.05, 0) is 57.4 Å². The second kappa shape index (κ2) is 7.61. The first kappa shape index (κ1) is 18.5. The summed E-state index contributed by atoms with van der Waals surface area (Å²) in [4.78, 5) is 0. The topological polar surface area (TPSA) is 46.2 Å². The van der Waals surface area contributed by atoms with Crippen LogP contribution in [0, 0.1) is 0 Å². The maximum atomic E-state index is 12.3. The summed E-state index contributed by atoms with van der Waals surface area (Å²) >= 11 is 6.05. The van der Waals surface area contributed by atoms with E-state index in [9.17, 15) is 8.42 Å². The molecule has 0 saturated carbocycles. The third-order valence-corrected chi connectivity index (χ3v) is 6.50. The summed E-state index contributed by atoms with van der Waals surface area (Å²) < 4.78 is 23.9. The number of likely N-dealkylation sites (N-methyl/N-ethyl adjacent to an activating group) is 1. The Labute approximate surface area is 134 Å². The molecule has 0 aromatic heterocycles. The monoisotopic (exact) mass is 331 g/mol. The first-order chi connectivity index (χ1) is 9.67. The fourth-order valence-corrected chi connectivity index (χ4v) is 3.48. The molecule has 0 radical (unpaired) electrons. The molecular formula is C16H26ClNO2S. The Hall–Kier alpha value is -0.580. The molecule has 0 aliphatic heterocycles. The number of halogens is 1. The van der Waals surface area contributed by atoms with E-state index >= 15 is 0 Å². The van der Waals surface area contributed by atoms with Crippen molar-refractivity contribution in [3.05, 3.63) is 34.9 Å². The van der Waals surface area contributed by atoms with Gasteiger partial charge >= 0.3 is 0 Å². The summed E-state index contributed by atoms with van der Waals surface area (Å²) in [5.41, 5.74) is 1.09. The third-order valence-electron chi connectivity index (χ3n) is 3.63. The fraction of sp³-hybridized carbons (Fsp3) is 0.625. The van der Waals surface area contributed by atoms with E-state index in [-0.39, 0.29) is 11.7 Å². The van der Waals surface area contributed by atoms with Crippen LogP contribution in [0.2, 0.25) is 5.02 Å². The van der Waals surface area contributed by atoms with Crippen LogP contribution in [-0.4, -0.2) is 32.0 Å². The van der Waals surface area contributed by atoms with Gasteiger partial charge in [0.2, 0.25) is 0 Å². The number of benzene rings is 1. The largest absolute Gasteiger partial charge is 0.316 e. The molecular weight excluding hydrogens is 306 g/mol. The molecule has 0 saturated heterocycles. The van der Waals surface area contributed by atoms with E-state index in [0.717, 1.165) is 18.7 Å². The Morgan fingerprint density at radius 2 is 1.95 bits per heavy atom. The van der Waals surface area contributed by atoms with Gasteiger partial charge < -0.3 is 5.32 Å². The highest BCUT2D eigenvalue weighted by atomic mass is 35.5. The highest BCUT2D eigenvalue weighted by molar-refractivity contribution is 7.92. The van der Waals surface area contributed by atoms with Crippen LogP contribution in [0.4, 0.5) is 0 Å². The molecule has 21 heavy (non-hydrogen) atoms. The molecule has 5 heteroatoms. The van der Waals surface area contributed by atoms with E-state index in [1.54, 1.807) is 20.8 Å². The number of hydrogen-bond acceptors (Lipinski definition) is 3. The molecule has 1 aromatic carbocycles. The standard InChI is InChI=1S/C16H26ClNO2S/c1-5-18-12-14(13-7-6-8-15(17)11-13)9-10-21(19,20)16(2,3)4/h6-8,11,14,18H,5,9-10,12H2,1-4H3. The van der Waals surface area contributed by atoms with E-state index < -0.39 is 14.6 Å². The number of sulfone groups is 1.